The number of nitrogens with zero attached hydrogens (tertiary/aromatic N) is 2. The summed E-state index contributed by atoms with van der Waals surface area (Å²) in [6, 6.07) is 5.68. The quantitative estimate of drug-likeness (QED) is 0.524. The van der Waals surface area contributed by atoms with Crippen molar-refractivity contribution in [3.63, 3.8) is 0 Å². The highest BCUT2D eigenvalue weighted by molar-refractivity contribution is 6.07. The average Bonchev–Trinajstić information content (AvgIpc) is 3.15. The Balaban J connectivity index is 1.91. The second-order valence-electron chi connectivity index (χ2n) is 5.98. The SMILES string of the molecule is Cc1cc(-n2c(C)cc(/C=C/C(=O)c3cc(C)oc3C)c2C)no1. The highest BCUT2D eigenvalue weighted by atomic mass is 16.5. The summed E-state index contributed by atoms with van der Waals surface area (Å²) in [5.41, 5.74) is 3.61. The van der Waals surface area contributed by atoms with Gasteiger partial charge < -0.3 is 8.94 Å². The number of ketones is 1. The van der Waals surface area contributed by atoms with Crippen molar-refractivity contribution >= 4 is 11.9 Å². The van der Waals surface area contributed by atoms with Gasteiger partial charge in [-0.3, -0.25) is 9.36 Å². The second kappa shape index (κ2) is 6.00. The van der Waals surface area contributed by atoms with Crippen LogP contribution in [0.1, 0.15) is 44.6 Å². The molecule has 0 fully saturated rings. The molecule has 3 rings (SSSR count). The third kappa shape index (κ3) is 2.85. The molecule has 0 aliphatic heterocycles. The Morgan fingerprint density at radius 2 is 1.83 bits per heavy atom. The van der Waals surface area contributed by atoms with Crippen molar-refractivity contribution in [2.75, 3.05) is 0 Å². The molecule has 5 heteroatoms. The smallest absolute Gasteiger partial charge is 0.189 e. The monoisotopic (exact) mass is 324 g/mol. The Morgan fingerprint density at radius 1 is 1.08 bits per heavy atom. The van der Waals surface area contributed by atoms with Crippen LogP contribution in [-0.4, -0.2) is 15.5 Å². The molecule has 0 N–H and O–H groups in total. The van der Waals surface area contributed by atoms with Gasteiger partial charge in [-0.05, 0) is 64.5 Å². The van der Waals surface area contributed by atoms with Crippen molar-refractivity contribution < 1.29 is 13.7 Å². The predicted molar refractivity (Wildman–Crippen MR) is 91.6 cm³/mol. The van der Waals surface area contributed by atoms with Crippen molar-refractivity contribution in [2.24, 2.45) is 0 Å². The number of rotatable bonds is 4. The highest BCUT2D eigenvalue weighted by Gasteiger charge is 2.14. The third-order valence-corrected chi connectivity index (χ3v) is 4.04. The molecule has 3 aromatic heterocycles. The van der Waals surface area contributed by atoms with Crippen LogP contribution in [0.2, 0.25) is 0 Å². The summed E-state index contributed by atoms with van der Waals surface area (Å²) in [5.74, 6) is 2.83. The van der Waals surface area contributed by atoms with Crippen LogP contribution in [-0.2, 0) is 0 Å². The van der Waals surface area contributed by atoms with Gasteiger partial charge in [0.2, 0.25) is 0 Å². The minimum Gasteiger partial charge on any atom is -0.466 e. The van der Waals surface area contributed by atoms with Crippen LogP contribution >= 0.6 is 0 Å². The van der Waals surface area contributed by atoms with Crippen molar-refractivity contribution in [1.82, 2.24) is 9.72 Å². The summed E-state index contributed by atoms with van der Waals surface area (Å²) >= 11 is 0. The molecular weight excluding hydrogens is 304 g/mol. The van der Waals surface area contributed by atoms with Crippen LogP contribution in [0, 0.1) is 34.6 Å². The van der Waals surface area contributed by atoms with Crippen LogP contribution in [0.15, 0.2) is 33.2 Å². The minimum absolute atomic E-state index is 0.0635. The number of allylic oxidation sites excluding steroid dienone is 1. The molecule has 0 aromatic carbocycles. The number of hydrogen-bond acceptors (Lipinski definition) is 4. The van der Waals surface area contributed by atoms with Crippen molar-refractivity contribution in [3.05, 3.63) is 64.1 Å². The molecule has 0 aliphatic rings. The number of aromatic nitrogens is 2. The lowest BCUT2D eigenvalue weighted by molar-refractivity contribution is 0.104. The molecule has 0 amide bonds. The van der Waals surface area contributed by atoms with Crippen molar-refractivity contribution in [1.29, 1.82) is 0 Å². The van der Waals surface area contributed by atoms with Crippen LogP contribution in [0.3, 0.4) is 0 Å². The van der Waals surface area contributed by atoms with Gasteiger partial charge in [0.1, 0.15) is 17.3 Å². The summed E-state index contributed by atoms with van der Waals surface area (Å²) < 4.78 is 12.6. The van der Waals surface area contributed by atoms with E-state index in [1.54, 1.807) is 19.1 Å². The Hall–Kier alpha value is -2.82. The van der Waals surface area contributed by atoms with Gasteiger partial charge in [0, 0.05) is 17.5 Å². The van der Waals surface area contributed by atoms with E-state index in [0.29, 0.717) is 11.3 Å². The predicted octanol–water partition coefficient (Wildman–Crippen LogP) is 4.50. The number of hydrogen-bond donors (Lipinski definition) is 0. The van der Waals surface area contributed by atoms with E-state index < -0.39 is 0 Å². The second-order valence-corrected chi connectivity index (χ2v) is 5.98. The molecule has 24 heavy (non-hydrogen) atoms. The fourth-order valence-corrected chi connectivity index (χ4v) is 2.90. The van der Waals surface area contributed by atoms with Crippen molar-refractivity contribution in [3.8, 4) is 5.82 Å². The number of furan rings is 1. The molecule has 0 radical (unpaired) electrons. The molecule has 3 aromatic rings. The van der Waals surface area contributed by atoms with Gasteiger partial charge in [-0.2, -0.15) is 0 Å². The Bertz CT molecular complexity index is 938. The summed E-state index contributed by atoms with van der Waals surface area (Å²) in [4.78, 5) is 12.3. The van der Waals surface area contributed by atoms with Gasteiger partial charge in [-0.25, -0.2) is 0 Å². The van der Waals surface area contributed by atoms with E-state index in [2.05, 4.69) is 5.16 Å². The van der Waals surface area contributed by atoms with E-state index in [0.717, 1.165) is 34.3 Å². The fourth-order valence-electron chi connectivity index (χ4n) is 2.90. The normalized spacial score (nSPS) is 11.5. The zero-order valence-electron chi connectivity index (χ0n) is 14.5. The van der Waals surface area contributed by atoms with E-state index in [4.69, 9.17) is 8.94 Å². The maximum absolute atomic E-state index is 12.3. The van der Waals surface area contributed by atoms with Crippen LogP contribution < -0.4 is 0 Å². The maximum atomic E-state index is 12.3. The average molecular weight is 324 g/mol. The summed E-state index contributed by atoms with van der Waals surface area (Å²) in [6.45, 7) is 9.49. The zero-order chi connectivity index (χ0) is 17.4. The first-order valence-electron chi connectivity index (χ1n) is 7.79. The molecule has 124 valence electrons. The van der Waals surface area contributed by atoms with E-state index in [-0.39, 0.29) is 5.78 Å². The zero-order valence-corrected chi connectivity index (χ0v) is 14.5. The molecule has 0 atom stereocenters. The lowest BCUT2D eigenvalue weighted by Gasteiger charge is -2.03. The van der Waals surface area contributed by atoms with E-state index in [9.17, 15) is 4.79 Å². The van der Waals surface area contributed by atoms with Crippen LogP contribution in [0.4, 0.5) is 0 Å². The number of aryl methyl sites for hydroxylation is 4. The highest BCUT2D eigenvalue weighted by Crippen LogP contribution is 2.22. The molecule has 3 heterocycles. The Labute approximate surface area is 140 Å². The first kappa shape index (κ1) is 16.1. The molecular formula is C19H20N2O3. The maximum Gasteiger partial charge on any atom is 0.189 e. The van der Waals surface area contributed by atoms with Gasteiger partial charge in [0.15, 0.2) is 11.6 Å². The van der Waals surface area contributed by atoms with Gasteiger partial charge in [-0.15, -0.1) is 0 Å². The standard InChI is InChI=1S/C19H20N2O3/c1-11-8-16(14(4)21(11)19-10-13(3)24-20-19)6-7-18(22)17-9-12(2)23-15(17)5/h6-10H,1-5H3/b7-6+. The number of carbonyl (C=O) groups is 1. The molecule has 0 saturated heterocycles. The lowest BCUT2D eigenvalue weighted by Crippen LogP contribution is -1.99. The summed E-state index contributed by atoms with van der Waals surface area (Å²) in [6.07, 6.45) is 3.41. The molecule has 0 bridgehead atoms. The third-order valence-electron chi connectivity index (χ3n) is 4.04. The lowest BCUT2D eigenvalue weighted by atomic mass is 10.1. The largest absolute Gasteiger partial charge is 0.466 e. The van der Waals surface area contributed by atoms with E-state index >= 15 is 0 Å². The first-order chi connectivity index (χ1) is 11.4. The Morgan fingerprint density at radius 3 is 2.42 bits per heavy atom. The summed E-state index contributed by atoms with van der Waals surface area (Å²) in [7, 11) is 0. The van der Waals surface area contributed by atoms with Gasteiger partial charge in [-0.1, -0.05) is 5.16 Å². The van der Waals surface area contributed by atoms with Crippen LogP contribution in [0.25, 0.3) is 11.9 Å². The van der Waals surface area contributed by atoms with E-state index in [1.807, 2.05) is 50.5 Å². The summed E-state index contributed by atoms with van der Waals surface area (Å²) in [5, 5.41) is 4.06. The van der Waals surface area contributed by atoms with Gasteiger partial charge in [0.05, 0.1) is 5.56 Å². The van der Waals surface area contributed by atoms with E-state index in [1.165, 1.54) is 0 Å². The topological polar surface area (TPSA) is 61.2 Å². The van der Waals surface area contributed by atoms with Gasteiger partial charge in [0.25, 0.3) is 0 Å². The molecule has 5 nitrogen and oxygen atoms in total. The molecule has 0 saturated carbocycles. The Kier molecular flexibility index (Phi) is 4.01. The fraction of sp³-hybridized carbons (Fsp3) is 0.263. The number of carbonyl (C=O) groups excluding carboxylic acids is 1. The van der Waals surface area contributed by atoms with Crippen molar-refractivity contribution in [2.45, 2.75) is 34.6 Å². The first-order valence-corrected chi connectivity index (χ1v) is 7.79. The molecule has 0 spiro atoms. The minimum atomic E-state index is -0.0635. The molecule has 0 unspecified atom stereocenters. The molecule has 0 aliphatic carbocycles. The van der Waals surface area contributed by atoms with Gasteiger partial charge >= 0.3 is 0 Å². The van der Waals surface area contributed by atoms with Crippen LogP contribution in [0.5, 0.6) is 0 Å².